The fraction of sp³-hybridized carbons (Fsp3) is 0.0714. The zero-order valence-electron chi connectivity index (χ0n) is 9.60. The minimum Gasteiger partial charge on any atom is -0.410 e. The molecule has 0 aliphatic carbocycles. The lowest BCUT2D eigenvalue weighted by molar-refractivity contribution is 0.200. The maximum absolute atomic E-state index is 12.7. The third-order valence-electron chi connectivity index (χ3n) is 2.30. The van der Waals surface area contributed by atoms with E-state index >= 15 is 0 Å². The molecule has 1 N–H and O–H groups in total. The highest BCUT2D eigenvalue weighted by Gasteiger charge is 2.03. The number of para-hydroxylation sites is 1. The van der Waals surface area contributed by atoms with E-state index in [0.29, 0.717) is 12.3 Å². The Hall–Kier alpha value is -2.36. The summed E-state index contributed by atoms with van der Waals surface area (Å²) in [6.07, 6.45) is -0.537. The molecule has 92 valence electrons. The third-order valence-corrected chi connectivity index (χ3v) is 2.30. The van der Waals surface area contributed by atoms with Crippen molar-refractivity contribution >= 4 is 6.09 Å². The largest absolute Gasteiger partial charge is 0.412 e. The summed E-state index contributed by atoms with van der Waals surface area (Å²) in [7, 11) is 0. The first-order chi connectivity index (χ1) is 8.74. The van der Waals surface area contributed by atoms with E-state index in [1.165, 1.54) is 12.1 Å². The highest BCUT2D eigenvalue weighted by Crippen LogP contribution is 2.08. The van der Waals surface area contributed by atoms with Gasteiger partial charge in [0.05, 0.1) is 0 Å². The summed E-state index contributed by atoms with van der Waals surface area (Å²) in [5.74, 6) is 0.180. The second kappa shape index (κ2) is 5.82. The van der Waals surface area contributed by atoms with Gasteiger partial charge in [-0.3, -0.25) is 0 Å². The van der Waals surface area contributed by atoms with Gasteiger partial charge in [0.1, 0.15) is 11.6 Å². The summed E-state index contributed by atoms with van der Waals surface area (Å²) in [4.78, 5) is 11.4. The number of rotatable bonds is 3. The van der Waals surface area contributed by atoms with E-state index < -0.39 is 6.09 Å². The maximum atomic E-state index is 12.7. The molecule has 0 unspecified atom stereocenters. The van der Waals surface area contributed by atoms with Gasteiger partial charge in [-0.25, -0.2) is 9.18 Å². The topological polar surface area (TPSA) is 38.3 Å². The highest BCUT2D eigenvalue weighted by atomic mass is 19.1. The van der Waals surface area contributed by atoms with Crippen LogP contribution in [0.1, 0.15) is 5.56 Å². The predicted octanol–water partition coefficient (Wildman–Crippen LogP) is 3.11. The van der Waals surface area contributed by atoms with Gasteiger partial charge in [0.15, 0.2) is 0 Å². The average Bonchev–Trinajstić information content (AvgIpc) is 2.39. The van der Waals surface area contributed by atoms with Gasteiger partial charge in [-0.05, 0) is 29.8 Å². The molecular weight excluding hydrogens is 233 g/mol. The summed E-state index contributed by atoms with van der Waals surface area (Å²) in [6.45, 7) is 0.298. The van der Waals surface area contributed by atoms with E-state index in [0.717, 1.165) is 5.56 Å². The molecule has 0 heterocycles. The van der Waals surface area contributed by atoms with Crippen LogP contribution in [0.15, 0.2) is 54.6 Å². The Morgan fingerprint density at radius 3 is 2.39 bits per heavy atom. The average molecular weight is 245 g/mol. The van der Waals surface area contributed by atoms with E-state index in [4.69, 9.17) is 4.74 Å². The second-order valence-corrected chi connectivity index (χ2v) is 3.68. The van der Waals surface area contributed by atoms with Gasteiger partial charge in [0.2, 0.25) is 0 Å². The Morgan fingerprint density at radius 2 is 1.72 bits per heavy atom. The van der Waals surface area contributed by atoms with Crippen molar-refractivity contribution in [2.45, 2.75) is 6.54 Å². The monoisotopic (exact) mass is 245 g/mol. The van der Waals surface area contributed by atoms with E-state index in [1.54, 1.807) is 36.4 Å². The third kappa shape index (κ3) is 3.59. The molecule has 0 atom stereocenters. The van der Waals surface area contributed by atoms with Crippen molar-refractivity contribution in [3.8, 4) is 5.75 Å². The summed E-state index contributed by atoms with van der Waals surface area (Å²) in [6, 6.07) is 14.7. The molecule has 18 heavy (non-hydrogen) atoms. The summed E-state index contributed by atoms with van der Waals surface area (Å²) in [5.41, 5.74) is 0.807. The lowest BCUT2D eigenvalue weighted by Crippen LogP contribution is -2.26. The molecule has 2 rings (SSSR count). The van der Waals surface area contributed by atoms with Crippen LogP contribution in [0.5, 0.6) is 5.75 Å². The molecule has 0 saturated carbocycles. The molecule has 0 aliphatic rings. The molecule has 2 aromatic rings. The van der Waals surface area contributed by atoms with Crippen LogP contribution in [0.3, 0.4) is 0 Å². The first-order valence-corrected chi connectivity index (χ1v) is 5.49. The van der Waals surface area contributed by atoms with E-state index in [2.05, 4.69) is 5.32 Å². The molecule has 4 heteroatoms. The van der Waals surface area contributed by atoms with Crippen LogP contribution in [-0.2, 0) is 6.54 Å². The van der Waals surface area contributed by atoms with Crippen molar-refractivity contribution < 1.29 is 13.9 Å². The number of nitrogens with one attached hydrogen (secondary N) is 1. The summed E-state index contributed by atoms with van der Waals surface area (Å²) < 4.78 is 17.7. The Bertz CT molecular complexity index is 511. The van der Waals surface area contributed by atoms with Crippen molar-refractivity contribution in [2.75, 3.05) is 0 Å². The quantitative estimate of drug-likeness (QED) is 0.902. The number of hydrogen-bond acceptors (Lipinski definition) is 2. The van der Waals surface area contributed by atoms with Crippen molar-refractivity contribution in [2.24, 2.45) is 0 Å². The van der Waals surface area contributed by atoms with Gasteiger partial charge in [0.25, 0.3) is 0 Å². The van der Waals surface area contributed by atoms with Crippen molar-refractivity contribution in [3.05, 3.63) is 66.0 Å². The summed E-state index contributed by atoms with van der Waals surface area (Å²) >= 11 is 0. The van der Waals surface area contributed by atoms with Crippen molar-refractivity contribution in [1.29, 1.82) is 0 Å². The smallest absolute Gasteiger partial charge is 0.410 e. The molecule has 3 nitrogen and oxygen atoms in total. The number of amides is 1. The standard InChI is InChI=1S/C14H12FNO2/c15-12-8-6-11(7-9-12)10-16-14(17)18-13-4-2-1-3-5-13/h1-9H,10H2,(H,16,17). The van der Waals surface area contributed by atoms with Crippen molar-refractivity contribution in [1.82, 2.24) is 5.32 Å². The lowest BCUT2D eigenvalue weighted by atomic mass is 10.2. The van der Waals surface area contributed by atoms with Crippen LogP contribution in [-0.4, -0.2) is 6.09 Å². The van der Waals surface area contributed by atoms with Crippen molar-refractivity contribution in [3.63, 3.8) is 0 Å². The van der Waals surface area contributed by atoms with Crippen LogP contribution >= 0.6 is 0 Å². The van der Waals surface area contributed by atoms with Crippen LogP contribution in [0.25, 0.3) is 0 Å². The fourth-order valence-corrected chi connectivity index (χ4v) is 1.41. The normalized spacial score (nSPS) is 9.83. The molecule has 0 fully saturated rings. The second-order valence-electron chi connectivity index (χ2n) is 3.68. The number of halogens is 1. The molecule has 0 aromatic heterocycles. The molecule has 0 bridgehead atoms. The maximum Gasteiger partial charge on any atom is 0.412 e. The van der Waals surface area contributed by atoms with E-state index in [1.807, 2.05) is 6.07 Å². The van der Waals surface area contributed by atoms with Gasteiger partial charge in [0, 0.05) is 6.54 Å². The first kappa shape index (κ1) is 12.1. The van der Waals surface area contributed by atoms with Crippen LogP contribution < -0.4 is 10.1 Å². The molecule has 0 saturated heterocycles. The molecule has 0 radical (unpaired) electrons. The Kier molecular flexibility index (Phi) is 3.91. The van der Waals surface area contributed by atoms with Gasteiger partial charge in [-0.1, -0.05) is 30.3 Å². The minimum absolute atomic E-state index is 0.298. The van der Waals surface area contributed by atoms with Gasteiger partial charge < -0.3 is 10.1 Å². The predicted molar refractivity (Wildman–Crippen MR) is 65.7 cm³/mol. The summed E-state index contributed by atoms with van der Waals surface area (Å²) in [5, 5.41) is 2.58. The lowest BCUT2D eigenvalue weighted by Gasteiger charge is -2.06. The number of ether oxygens (including phenoxy) is 1. The number of carbonyl (C=O) groups excluding carboxylic acids is 1. The molecule has 0 aliphatic heterocycles. The molecule has 2 aromatic carbocycles. The van der Waals surface area contributed by atoms with Crippen LogP contribution in [0.4, 0.5) is 9.18 Å². The van der Waals surface area contributed by atoms with Gasteiger partial charge in [-0.15, -0.1) is 0 Å². The first-order valence-electron chi connectivity index (χ1n) is 5.49. The zero-order valence-corrected chi connectivity index (χ0v) is 9.60. The molecular formula is C14H12FNO2. The van der Waals surface area contributed by atoms with Gasteiger partial charge in [-0.2, -0.15) is 0 Å². The molecule has 0 spiro atoms. The van der Waals surface area contributed by atoms with Crippen LogP contribution in [0, 0.1) is 5.82 Å². The van der Waals surface area contributed by atoms with E-state index in [-0.39, 0.29) is 5.82 Å². The Balaban J connectivity index is 1.83. The molecule has 1 amide bonds. The SMILES string of the molecule is O=C(NCc1ccc(F)cc1)Oc1ccccc1. The Labute approximate surface area is 104 Å². The Morgan fingerprint density at radius 1 is 1.06 bits per heavy atom. The highest BCUT2D eigenvalue weighted by molar-refractivity contribution is 5.70. The van der Waals surface area contributed by atoms with E-state index in [9.17, 15) is 9.18 Å². The minimum atomic E-state index is -0.537. The number of benzene rings is 2. The number of hydrogen-bond donors (Lipinski definition) is 1. The van der Waals surface area contributed by atoms with Crippen LogP contribution in [0.2, 0.25) is 0 Å². The number of carbonyl (C=O) groups is 1. The fourth-order valence-electron chi connectivity index (χ4n) is 1.41. The zero-order chi connectivity index (χ0) is 12.8. The van der Waals surface area contributed by atoms with Gasteiger partial charge >= 0.3 is 6.09 Å².